The second-order valence-corrected chi connectivity index (χ2v) is 9.19. The monoisotopic (exact) mass is 428 g/mol. The molecule has 2 atom stereocenters. The number of nitrogens with zero attached hydrogens (tertiary/aromatic N) is 2. The van der Waals surface area contributed by atoms with Gasteiger partial charge in [0.25, 0.3) is 0 Å². The van der Waals surface area contributed by atoms with E-state index in [1.165, 1.54) is 10.4 Å². The second kappa shape index (κ2) is 11.0. The summed E-state index contributed by atoms with van der Waals surface area (Å²) in [4.78, 5) is 22.0. The Labute approximate surface area is 182 Å². The minimum atomic E-state index is -0.299. The molecule has 0 saturated carbocycles. The van der Waals surface area contributed by atoms with Crippen molar-refractivity contribution in [2.24, 2.45) is 22.6 Å². The fourth-order valence-electron chi connectivity index (χ4n) is 3.71. The van der Waals surface area contributed by atoms with Crippen molar-refractivity contribution in [3.8, 4) is 0 Å². The van der Waals surface area contributed by atoms with Crippen molar-refractivity contribution >= 4 is 28.5 Å². The van der Waals surface area contributed by atoms with Gasteiger partial charge in [-0.15, -0.1) is 11.3 Å². The Morgan fingerprint density at radius 3 is 2.97 bits per heavy atom. The predicted molar refractivity (Wildman–Crippen MR) is 124 cm³/mol. The number of carbonyl (C=O) groups is 1. The molecule has 1 heterocycles. The maximum absolute atomic E-state index is 12.1. The van der Waals surface area contributed by atoms with Crippen LogP contribution in [0.3, 0.4) is 0 Å². The Balaban J connectivity index is 1.31. The maximum Gasteiger partial charge on any atom is 0.321 e. The molecule has 1 aliphatic rings. The van der Waals surface area contributed by atoms with Crippen molar-refractivity contribution in [2.75, 3.05) is 18.8 Å². The number of anilines is 1. The fraction of sp³-hybridized carbons (Fsp3) is 0.500. The number of aliphatic imine (C=N–C) groups is 1. The zero-order valence-electron chi connectivity index (χ0n) is 17.6. The van der Waals surface area contributed by atoms with Gasteiger partial charge in [-0.1, -0.05) is 37.3 Å². The highest BCUT2D eigenvalue weighted by atomic mass is 32.1. The van der Waals surface area contributed by atoms with Gasteiger partial charge in [-0.25, -0.2) is 9.78 Å². The summed E-state index contributed by atoms with van der Waals surface area (Å²) in [5, 5.41) is 6.15. The van der Waals surface area contributed by atoms with E-state index in [-0.39, 0.29) is 12.0 Å². The Hall–Kier alpha value is -2.61. The highest BCUT2D eigenvalue weighted by Crippen LogP contribution is 2.31. The highest BCUT2D eigenvalue weighted by Gasteiger charge is 2.22. The molecule has 0 radical (unpaired) electrons. The van der Waals surface area contributed by atoms with E-state index in [0.717, 1.165) is 44.2 Å². The lowest BCUT2D eigenvalue weighted by atomic mass is 9.91. The van der Waals surface area contributed by atoms with Gasteiger partial charge in [-0.05, 0) is 55.9 Å². The molecule has 1 aliphatic carbocycles. The first-order valence-electron chi connectivity index (χ1n) is 10.6. The summed E-state index contributed by atoms with van der Waals surface area (Å²) in [6, 6.07) is 10.2. The van der Waals surface area contributed by atoms with Gasteiger partial charge in [0.2, 0.25) is 0 Å². The average Bonchev–Trinajstić information content (AvgIpc) is 3.11. The lowest BCUT2D eigenvalue weighted by molar-refractivity contribution is 0.243. The number of thiazole rings is 1. The third-order valence-corrected chi connectivity index (χ3v) is 6.39. The third kappa shape index (κ3) is 7.02. The minimum absolute atomic E-state index is 0.166. The van der Waals surface area contributed by atoms with Gasteiger partial charge in [0.1, 0.15) is 0 Å². The van der Waals surface area contributed by atoms with E-state index in [1.54, 1.807) is 11.3 Å². The largest absolute Gasteiger partial charge is 0.375 e. The summed E-state index contributed by atoms with van der Waals surface area (Å²) < 4.78 is 0. The molecule has 7 nitrogen and oxygen atoms in total. The van der Waals surface area contributed by atoms with Crippen molar-refractivity contribution < 1.29 is 4.79 Å². The average molecular weight is 429 g/mol. The number of aromatic nitrogens is 1. The van der Waals surface area contributed by atoms with Crippen LogP contribution in [-0.2, 0) is 19.3 Å². The number of rotatable bonds is 8. The maximum atomic E-state index is 12.1. The van der Waals surface area contributed by atoms with Gasteiger partial charge < -0.3 is 16.8 Å². The summed E-state index contributed by atoms with van der Waals surface area (Å²) >= 11 is 1.56. The van der Waals surface area contributed by atoms with Gasteiger partial charge >= 0.3 is 6.03 Å². The van der Waals surface area contributed by atoms with Crippen molar-refractivity contribution in [3.63, 3.8) is 0 Å². The normalized spacial score (nSPS) is 17.2. The molecule has 2 amide bonds. The van der Waals surface area contributed by atoms with Crippen LogP contribution >= 0.6 is 11.3 Å². The number of hydrogen-bond donors (Lipinski definition) is 4. The summed E-state index contributed by atoms with van der Waals surface area (Å²) in [6.45, 7) is 3.36. The van der Waals surface area contributed by atoms with Gasteiger partial charge in [0, 0.05) is 18.0 Å². The molecule has 0 aliphatic heterocycles. The van der Waals surface area contributed by atoms with E-state index in [0.29, 0.717) is 30.1 Å². The molecule has 1 aromatic heterocycles. The molecule has 6 N–H and O–H groups in total. The molecule has 0 saturated heterocycles. The lowest BCUT2D eigenvalue weighted by Gasteiger charge is -2.19. The smallest absolute Gasteiger partial charge is 0.321 e. The van der Waals surface area contributed by atoms with Crippen molar-refractivity contribution in [1.29, 1.82) is 0 Å². The van der Waals surface area contributed by atoms with Crippen LogP contribution in [0.1, 0.15) is 42.3 Å². The van der Waals surface area contributed by atoms with Crippen LogP contribution in [0.25, 0.3) is 0 Å². The molecule has 2 aromatic rings. The molecular formula is C22H32N6OS. The molecule has 30 heavy (non-hydrogen) atoms. The van der Waals surface area contributed by atoms with Gasteiger partial charge in [-0.2, -0.15) is 0 Å². The number of fused-ring (bicyclic) bond motifs is 1. The fourth-order valence-corrected chi connectivity index (χ4v) is 4.71. The predicted octanol–water partition coefficient (Wildman–Crippen LogP) is 3.10. The van der Waals surface area contributed by atoms with Crippen molar-refractivity contribution in [2.45, 2.75) is 45.4 Å². The Morgan fingerprint density at radius 2 is 2.17 bits per heavy atom. The first-order chi connectivity index (χ1) is 14.5. The number of nitrogen functional groups attached to an aromatic ring is 1. The molecule has 162 valence electrons. The number of aryl methyl sites for hydroxylation is 2. The van der Waals surface area contributed by atoms with E-state index >= 15 is 0 Å². The van der Waals surface area contributed by atoms with Gasteiger partial charge in [0.05, 0.1) is 5.69 Å². The minimum Gasteiger partial charge on any atom is -0.375 e. The molecule has 2 unspecified atom stereocenters. The van der Waals surface area contributed by atoms with Gasteiger partial charge in [0.15, 0.2) is 11.1 Å². The Bertz CT molecular complexity index is 851. The lowest BCUT2D eigenvalue weighted by Crippen LogP contribution is -2.44. The number of hydrogen-bond acceptors (Lipinski definition) is 5. The van der Waals surface area contributed by atoms with Crippen LogP contribution in [0.2, 0.25) is 0 Å². The number of nitrogens with one attached hydrogen (secondary N) is 2. The molecule has 0 spiro atoms. The SMILES string of the molecule is CC(CCCc1ccccc1)CNC(=O)NC(N)=NCC1CCc2nc(N)sc2C1. The van der Waals surface area contributed by atoms with E-state index in [9.17, 15) is 4.79 Å². The molecule has 0 bridgehead atoms. The molecule has 8 heteroatoms. The number of benzene rings is 1. The molecular weight excluding hydrogens is 396 g/mol. The van der Waals surface area contributed by atoms with Crippen LogP contribution in [0.15, 0.2) is 35.3 Å². The number of amides is 2. The van der Waals surface area contributed by atoms with Crippen LogP contribution < -0.4 is 22.1 Å². The van der Waals surface area contributed by atoms with Crippen LogP contribution in [0, 0.1) is 11.8 Å². The summed E-state index contributed by atoms with van der Waals surface area (Å²) in [5.74, 6) is 0.977. The van der Waals surface area contributed by atoms with Crippen molar-refractivity contribution in [3.05, 3.63) is 46.5 Å². The topological polar surface area (TPSA) is 118 Å². The number of nitrogens with two attached hydrogens (primary N) is 2. The van der Waals surface area contributed by atoms with Crippen LogP contribution in [0.5, 0.6) is 0 Å². The highest BCUT2D eigenvalue weighted by molar-refractivity contribution is 7.15. The second-order valence-electron chi connectivity index (χ2n) is 8.07. The van der Waals surface area contributed by atoms with Gasteiger partial charge in [-0.3, -0.25) is 10.3 Å². The van der Waals surface area contributed by atoms with E-state index in [1.807, 2.05) is 6.07 Å². The molecule has 3 rings (SSSR count). The summed E-state index contributed by atoms with van der Waals surface area (Å²) in [7, 11) is 0. The molecule has 1 aromatic carbocycles. The Kier molecular flexibility index (Phi) is 8.07. The number of guanidine groups is 1. The zero-order valence-corrected chi connectivity index (χ0v) is 18.4. The van der Waals surface area contributed by atoms with E-state index in [2.05, 4.69) is 51.8 Å². The van der Waals surface area contributed by atoms with Crippen LogP contribution in [-0.4, -0.2) is 30.1 Å². The van der Waals surface area contributed by atoms with E-state index < -0.39 is 0 Å². The standard InChI is InChI=1S/C22H32N6OS/c1-15(6-5-9-16-7-3-2-4-8-16)13-26-22(29)28-20(23)25-14-17-10-11-18-19(12-17)30-21(24)27-18/h2-4,7-8,15,17H,5-6,9-14H2,1H3,(H2,24,27)(H4,23,25,26,28,29). The van der Waals surface area contributed by atoms with Crippen molar-refractivity contribution in [1.82, 2.24) is 15.6 Å². The first kappa shape index (κ1) is 22.1. The zero-order chi connectivity index (χ0) is 21.3. The first-order valence-corrected chi connectivity index (χ1v) is 11.4. The number of carbonyl (C=O) groups excluding carboxylic acids is 1. The van der Waals surface area contributed by atoms with E-state index in [4.69, 9.17) is 11.5 Å². The quantitative estimate of drug-likeness (QED) is 0.381. The Morgan fingerprint density at radius 1 is 1.37 bits per heavy atom. The number of urea groups is 1. The van der Waals surface area contributed by atoms with Crippen LogP contribution in [0.4, 0.5) is 9.93 Å². The third-order valence-electron chi connectivity index (χ3n) is 5.44. The summed E-state index contributed by atoms with van der Waals surface area (Å²) in [6.07, 6.45) is 6.09. The summed E-state index contributed by atoms with van der Waals surface area (Å²) in [5.41, 5.74) is 14.2. The molecule has 0 fully saturated rings.